The van der Waals surface area contributed by atoms with Gasteiger partial charge in [-0.15, -0.1) is 12.4 Å². The van der Waals surface area contributed by atoms with Gasteiger partial charge >= 0.3 is 0 Å². The SMILES string of the molecule is CN(CCc1ccccc1)C1CCN(C(=O)c2ccc([N+](=O)[O-])cc2F)CC1.Cl. The number of nitro groups is 1. The van der Waals surface area contributed by atoms with E-state index in [9.17, 15) is 19.3 Å². The largest absolute Gasteiger partial charge is 0.338 e. The van der Waals surface area contributed by atoms with Gasteiger partial charge in [-0.1, -0.05) is 30.3 Å². The van der Waals surface area contributed by atoms with E-state index in [0.29, 0.717) is 19.1 Å². The van der Waals surface area contributed by atoms with E-state index in [4.69, 9.17) is 0 Å². The molecule has 0 saturated carbocycles. The van der Waals surface area contributed by atoms with Gasteiger partial charge in [0.25, 0.3) is 11.6 Å². The molecule has 0 bridgehead atoms. The number of rotatable bonds is 6. The van der Waals surface area contributed by atoms with Crippen LogP contribution in [-0.2, 0) is 6.42 Å². The third-order valence-corrected chi connectivity index (χ3v) is 5.36. The molecule has 0 atom stereocenters. The fourth-order valence-corrected chi connectivity index (χ4v) is 3.60. The van der Waals surface area contributed by atoms with Crippen molar-refractivity contribution in [2.24, 2.45) is 0 Å². The Morgan fingerprint density at radius 2 is 1.86 bits per heavy atom. The van der Waals surface area contributed by atoms with Gasteiger partial charge in [0.1, 0.15) is 5.82 Å². The summed E-state index contributed by atoms with van der Waals surface area (Å²) in [5, 5.41) is 10.7. The number of halogens is 2. The van der Waals surface area contributed by atoms with Gasteiger partial charge in [-0.25, -0.2) is 4.39 Å². The van der Waals surface area contributed by atoms with Crippen molar-refractivity contribution in [2.45, 2.75) is 25.3 Å². The molecule has 0 radical (unpaired) electrons. The van der Waals surface area contributed by atoms with E-state index in [2.05, 4.69) is 24.1 Å². The van der Waals surface area contributed by atoms with Crippen LogP contribution in [0.1, 0.15) is 28.8 Å². The van der Waals surface area contributed by atoms with Crippen LogP contribution in [0.15, 0.2) is 48.5 Å². The molecule has 29 heavy (non-hydrogen) atoms. The van der Waals surface area contributed by atoms with Crippen molar-refractivity contribution in [1.82, 2.24) is 9.80 Å². The van der Waals surface area contributed by atoms with Crippen LogP contribution >= 0.6 is 12.4 Å². The first-order valence-electron chi connectivity index (χ1n) is 9.43. The van der Waals surface area contributed by atoms with Crippen molar-refractivity contribution in [3.63, 3.8) is 0 Å². The Balaban J connectivity index is 0.00000300. The number of hydrogen-bond acceptors (Lipinski definition) is 4. The molecule has 3 rings (SSSR count). The summed E-state index contributed by atoms with van der Waals surface area (Å²) in [6, 6.07) is 13.9. The third-order valence-electron chi connectivity index (χ3n) is 5.36. The molecule has 1 aliphatic rings. The van der Waals surface area contributed by atoms with Gasteiger partial charge in [0.15, 0.2) is 0 Å². The smallest absolute Gasteiger partial charge is 0.272 e. The first-order valence-corrected chi connectivity index (χ1v) is 9.43. The van der Waals surface area contributed by atoms with Gasteiger partial charge in [-0.05, 0) is 37.9 Å². The lowest BCUT2D eigenvalue weighted by molar-refractivity contribution is -0.385. The molecule has 0 aliphatic carbocycles. The molecule has 6 nitrogen and oxygen atoms in total. The Hall–Kier alpha value is -2.51. The predicted octanol–water partition coefficient (Wildman–Crippen LogP) is 3.93. The number of benzene rings is 2. The number of nitrogens with zero attached hydrogens (tertiary/aromatic N) is 3. The predicted molar refractivity (Wildman–Crippen MR) is 112 cm³/mol. The summed E-state index contributed by atoms with van der Waals surface area (Å²) < 4.78 is 14.1. The number of amides is 1. The van der Waals surface area contributed by atoms with Crippen LogP contribution in [0.25, 0.3) is 0 Å². The van der Waals surface area contributed by atoms with Crippen LogP contribution in [0.4, 0.5) is 10.1 Å². The highest BCUT2D eigenvalue weighted by molar-refractivity contribution is 5.94. The standard InChI is InChI=1S/C21H24FN3O3.ClH/c1-23(12-9-16-5-3-2-4-6-16)17-10-13-24(14-11-17)21(26)19-8-7-18(25(27)28)15-20(19)22;/h2-8,15,17H,9-14H2,1H3;1H. The van der Waals surface area contributed by atoms with Gasteiger partial charge in [0.05, 0.1) is 16.6 Å². The van der Waals surface area contributed by atoms with E-state index in [1.807, 2.05) is 18.2 Å². The van der Waals surface area contributed by atoms with Crippen LogP contribution < -0.4 is 0 Å². The van der Waals surface area contributed by atoms with E-state index >= 15 is 0 Å². The second-order valence-corrected chi connectivity index (χ2v) is 7.16. The highest BCUT2D eigenvalue weighted by Gasteiger charge is 2.27. The van der Waals surface area contributed by atoms with Crippen LogP contribution in [0, 0.1) is 15.9 Å². The maximum atomic E-state index is 14.1. The minimum atomic E-state index is -0.846. The highest BCUT2D eigenvalue weighted by Crippen LogP contribution is 2.21. The summed E-state index contributed by atoms with van der Waals surface area (Å²) in [4.78, 5) is 26.6. The second kappa shape index (κ2) is 10.3. The molecule has 1 heterocycles. The lowest BCUT2D eigenvalue weighted by Crippen LogP contribution is -2.46. The molecule has 0 N–H and O–H groups in total. The van der Waals surface area contributed by atoms with Gasteiger partial charge in [0, 0.05) is 31.7 Å². The number of piperidine rings is 1. The Labute approximate surface area is 175 Å². The number of likely N-dealkylation sites (tertiary alicyclic amines) is 1. The summed E-state index contributed by atoms with van der Waals surface area (Å²) >= 11 is 0. The molecule has 1 saturated heterocycles. The summed E-state index contributed by atoms with van der Waals surface area (Å²) in [7, 11) is 2.10. The topological polar surface area (TPSA) is 66.7 Å². The van der Waals surface area contributed by atoms with Gasteiger partial charge < -0.3 is 9.80 Å². The quantitative estimate of drug-likeness (QED) is 0.523. The van der Waals surface area contributed by atoms with Crippen molar-refractivity contribution < 1.29 is 14.1 Å². The lowest BCUT2D eigenvalue weighted by Gasteiger charge is -2.37. The van der Waals surface area contributed by atoms with E-state index < -0.39 is 16.6 Å². The number of non-ortho nitro benzene ring substituents is 1. The molecule has 0 spiro atoms. The van der Waals surface area contributed by atoms with Crippen molar-refractivity contribution >= 4 is 24.0 Å². The normalized spacial score (nSPS) is 14.5. The molecule has 8 heteroatoms. The Kier molecular flexibility index (Phi) is 8.10. The molecule has 2 aromatic rings. The van der Waals surface area contributed by atoms with E-state index in [0.717, 1.165) is 31.9 Å². The number of carbonyl (C=O) groups is 1. The first-order chi connectivity index (χ1) is 13.5. The molecular weight excluding hydrogens is 397 g/mol. The Bertz CT molecular complexity index is 842. The monoisotopic (exact) mass is 421 g/mol. The maximum absolute atomic E-state index is 14.1. The summed E-state index contributed by atoms with van der Waals surface area (Å²) in [5.74, 6) is -1.25. The van der Waals surface area contributed by atoms with Crippen molar-refractivity contribution in [2.75, 3.05) is 26.7 Å². The molecule has 1 fully saturated rings. The second-order valence-electron chi connectivity index (χ2n) is 7.16. The van der Waals surface area contributed by atoms with Crippen molar-refractivity contribution in [3.8, 4) is 0 Å². The minimum Gasteiger partial charge on any atom is -0.338 e. The van der Waals surface area contributed by atoms with Crippen LogP contribution in [0.2, 0.25) is 0 Å². The van der Waals surface area contributed by atoms with Gasteiger partial charge in [-0.2, -0.15) is 0 Å². The van der Waals surface area contributed by atoms with Crippen LogP contribution in [0.5, 0.6) is 0 Å². The van der Waals surface area contributed by atoms with E-state index in [1.54, 1.807) is 4.90 Å². The van der Waals surface area contributed by atoms with E-state index in [-0.39, 0.29) is 23.7 Å². The molecule has 0 aromatic heterocycles. The zero-order valence-electron chi connectivity index (χ0n) is 16.3. The highest BCUT2D eigenvalue weighted by atomic mass is 35.5. The number of nitro benzene ring substituents is 1. The zero-order chi connectivity index (χ0) is 20.1. The average molecular weight is 422 g/mol. The Morgan fingerprint density at radius 1 is 1.21 bits per heavy atom. The van der Waals surface area contributed by atoms with Crippen molar-refractivity contribution in [1.29, 1.82) is 0 Å². The summed E-state index contributed by atoms with van der Waals surface area (Å²) in [6.45, 7) is 2.05. The molecule has 156 valence electrons. The summed E-state index contributed by atoms with van der Waals surface area (Å²) in [6.07, 6.45) is 2.63. The van der Waals surface area contributed by atoms with Crippen molar-refractivity contribution in [3.05, 3.63) is 75.6 Å². The minimum absolute atomic E-state index is 0. The van der Waals surface area contributed by atoms with E-state index in [1.165, 1.54) is 17.7 Å². The fraction of sp³-hybridized carbons (Fsp3) is 0.381. The number of likely N-dealkylation sites (N-methyl/N-ethyl adjacent to an activating group) is 1. The molecule has 1 aliphatic heterocycles. The first kappa shape index (κ1) is 22.8. The maximum Gasteiger partial charge on any atom is 0.272 e. The number of hydrogen-bond donors (Lipinski definition) is 0. The van der Waals surface area contributed by atoms with Gasteiger partial charge in [0.2, 0.25) is 0 Å². The molecular formula is C21H25ClFN3O3. The van der Waals surface area contributed by atoms with Crippen LogP contribution in [0.3, 0.4) is 0 Å². The number of carbonyl (C=O) groups excluding carboxylic acids is 1. The summed E-state index contributed by atoms with van der Waals surface area (Å²) in [5.41, 5.74) is 0.838. The molecule has 0 unspecified atom stereocenters. The molecule has 2 aromatic carbocycles. The average Bonchev–Trinajstić information content (AvgIpc) is 2.72. The lowest BCUT2D eigenvalue weighted by atomic mass is 10.0. The fourth-order valence-electron chi connectivity index (χ4n) is 3.60. The van der Waals surface area contributed by atoms with Crippen LogP contribution in [-0.4, -0.2) is 53.4 Å². The molecule has 1 amide bonds. The Morgan fingerprint density at radius 3 is 2.45 bits per heavy atom. The van der Waals surface area contributed by atoms with Gasteiger partial charge in [-0.3, -0.25) is 14.9 Å². The zero-order valence-corrected chi connectivity index (χ0v) is 17.1. The third kappa shape index (κ3) is 5.74.